The molecule has 5 rings (SSSR count). The van der Waals surface area contributed by atoms with E-state index < -0.39 is 0 Å². The molecule has 0 atom stereocenters. The Hall–Kier alpha value is -1.76. The molecule has 1 aliphatic heterocycles. The molecule has 3 aromatic rings. The minimum absolute atomic E-state index is 0.448. The van der Waals surface area contributed by atoms with Gasteiger partial charge < -0.3 is 0 Å². The highest BCUT2D eigenvalue weighted by Crippen LogP contribution is 2.41. The number of aromatic nitrogens is 4. The van der Waals surface area contributed by atoms with Crippen LogP contribution < -0.4 is 0 Å². The molecule has 0 radical (unpaired) electrons. The number of hydrogen-bond acceptors (Lipinski definition) is 5. The van der Waals surface area contributed by atoms with Crippen molar-refractivity contribution in [3.05, 3.63) is 56.5 Å². The van der Waals surface area contributed by atoms with Crippen LogP contribution >= 0.6 is 22.9 Å². The Bertz CT molecular complexity index is 1000. The molecular weight excluding hydrogens is 390 g/mol. The van der Waals surface area contributed by atoms with Crippen molar-refractivity contribution in [2.75, 3.05) is 7.05 Å². The highest BCUT2D eigenvalue weighted by Gasteiger charge is 2.31. The van der Waals surface area contributed by atoms with Gasteiger partial charge in [-0.05, 0) is 63.4 Å². The van der Waals surface area contributed by atoms with Gasteiger partial charge in [0.15, 0.2) is 5.82 Å². The SMILES string of the molecule is Cc1nc(C2CCC(c3nnc4n3-c3ccc(Cl)cc3CN(C)C4)CC2)cs1. The van der Waals surface area contributed by atoms with Crippen molar-refractivity contribution in [1.82, 2.24) is 24.6 Å². The molecule has 28 heavy (non-hydrogen) atoms. The molecular formula is C21H24ClN5S. The van der Waals surface area contributed by atoms with Crippen LogP contribution in [-0.4, -0.2) is 31.7 Å². The monoisotopic (exact) mass is 413 g/mol. The van der Waals surface area contributed by atoms with Crippen molar-refractivity contribution < 1.29 is 0 Å². The number of nitrogens with zero attached hydrogens (tertiary/aromatic N) is 5. The molecule has 146 valence electrons. The lowest BCUT2D eigenvalue weighted by Crippen LogP contribution is -2.17. The maximum atomic E-state index is 6.28. The number of benzene rings is 1. The molecule has 2 aliphatic rings. The fourth-order valence-corrected chi connectivity index (χ4v) is 5.55. The van der Waals surface area contributed by atoms with Crippen molar-refractivity contribution >= 4 is 22.9 Å². The minimum Gasteiger partial charge on any atom is -0.295 e. The molecule has 2 aromatic heterocycles. The Morgan fingerprint density at radius 2 is 1.86 bits per heavy atom. The fourth-order valence-electron chi connectivity index (χ4n) is 4.66. The Labute approximate surface area is 174 Å². The zero-order valence-electron chi connectivity index (χ0n) is 16.2. The zero-order chi connectivity index (χ0) is 19.3. The molecule has 0 bridgehead atoms. The van der Waals surface area contributed by atoms with Gasteiger partial charge in [-0.15, -0.1) is 21.5 Å². The maximum Gasteiger partial charge on any atom is 0.151 e. The first-order valence-electron chi connectivity index (χ1n) is 9.92. The molecule has 0 amide bonds. The Morgan fingerprint density at radius 1 is 1.07 bits per heavy atom. The van der Waals surface area contributed by atoms with Crippen LogP contribution in [0.4, 0.5) is 0 Å². The van der Waals surface area contributed by atoms with Crippen molar-refractivity contribution in [2.24, 2.45) is 0 Å². The lowest BCUT2D eigenvalue weighted by atomic mass is 9.80. The van der Waals surface area contributed by atoms with Crippen LogP contribution in [0.3, 0.4) is 0 Å². The van der Waals surface area contributed by atoms with Crippen molar-refractivity contribution in [3.63, 3.8) is 0 Å². The molecule has 0 unspecified atom stereocenters. The van der Waals surface area contributed by atoms with E-state index in [0.29, 0.717) is 11.8 Å². The summed E-state index contributed by atoms with van der Waals surface area (Å²) in [5, 5.41) is 13.4. The second-order valence-electron chi connectivity index (χ2n) is 8.10. The van der Waals surface area contributed by atoms with Gasteiger partial charge >= 0.3 is 0 Å². The maximum absolute atomic E-state index is 6.28. The van der Waals surface area contributed by atoms with Crippen LogP contribution in [0.15, 0.2) is 23.6 Å². The third-order valence-corrected chi connectivity index (χ3v) is 7.06. The molecule has 1 fully saturated rings. The second kappa shape index (κ2) is 7.25. The molecule has 7 heteroatoms. The van der Waals surface area contributed by atoms with E-state index in [9.17, 15) is 0 Å². The Balaban J connectivity index is 1.45. The van der Waals surface area contributed by atoms with Crippen LogP contribution in [0.5, 0.6) is 0 Å². The second-order valence-corrected chi connectivity index (χ2v) is 9.59. The van der Waals surface area contributed by atoms with E-state index in [1.54, 1.807) is 11.3 Å². The van der Waals surface area contributed by atoms with Crippen LogP contribution in [0.25, 0.3) is 5.69 Å². The van der Waals surface area contributed by atoms with E-state index in [1.807, 2.05) is 6.07 Å². The number of aryl methyl sites for hydroxylation is 1. The number of fused-ring (bicyclic) bond motifs is 3. The van der Waals surface area contributed by atoms with Gasteiger partial charge in [0.25, 0.3) is 0 Å². The minimum atomic E-state index is 0.448. The summed E-state index contributed by atoms with van der Waals surface area (Å²) in [4.78, 5) is 6.99. The van der Waals surface area contributed by atoms with Crippen LogP contribution in [-0.2, 0) is 13.1 Å². The molecule has 3 heterocycles. The van der Waals surface area contributed by atoms with E-state index in [1.165, 1.54) is 34.8 Å². The largest absolute Gasteiger partial charge is 0.295 e. The summed E-state index contributed by atoms with van der Waals surface area (Å²) in [6, 6.07) is 6.17. The summed E-state index contributed by atoms with van der Waals surface area (Å²) in [5.41, 5.74) is 3.70. The lowest BCUT2D eigenvalue weighted by Gasteiger charge is -2.27. The third kappa shape index (κ3) is 3.27. The predicted molar refractivity (Wildman–Crippen MR) is 112 cm³/mol. The molecule has 0 spiro atoms. The lowest BCUT2D eigenvalue weighted by molar-refractivity contribution is 0.315. The van der Waals surface area contributed by atoms with Crippen LogP contribution in [0, 0.1) is 6.92 Å². The van der Waals surface area contributed by atoms with Gasteiger partial charge in [0.2, 0.25) is 0 Å². The average molecular weight is 414 g/mol. The molecule has 0 N–H and O–H groups in total. The summed E-state index contributed by atoms with van der Waals surface area (Å²) >= 11 is 8.04. The van der Waals surface area contributed by atoms with Gasteiger partial charge in [-0.25, -0.2) is 4.98 Å². The molecule has 1 saturated carbocycles. The van der Waals surface area contributed by atoms with Gasteiger partial charge in [0.1, 0.15) is 5.82 Å². The smallest absolute Gasteiger partial charge is 0.151 e. The van der Waals surface area contributed by atoms with E-state index in [0.717, 1.165) is 42.6 Å². The summed E-state index contributed by atoms with van der Waals surface area (Å²) in [6.07, 6.45) is 4.61. The van der Waals surface area contributed by atoms with E-state index in [-0.39, 0.29) is 0 Å². The Kier molecular flexibility index (Phi) is 4.73. The van der Waals surface area contributed by atoms with E-state index in [2.05, 4.69) is 51.1 Å². The predicted octanol–water partition coefficient (Wildman–Crippen LogP) is 5.07. The Morgan fingerprint density at radius 3 is 2.61 bits per heavy atom. The summed E-state index contributed by atoms with van der Waals surface area (Å²) in [5.74, 6) is 3.17. The average Bonchev–Trinajstić information content (AvgIpc) is 3.25. The first-order valence-corrected chi connectivity index (χ1v) is 11.2. The topological polar surface area (TPSA) is 46.8 Å². The summed E-state index contributed by atoms with van der Waals surface area (Å²) in [6.45, 7) is 3.76. The van der Waals surface area contributed by atoms with Gasteiger partial charge in [0, 0.05) is 28.8 Å². The molecule has 5 nitrogen and oxygen atoms in total. The highest BCUT2D eigenvalue weighted by molar-refractivity contribution is 7.09. The van der Waals surface area contributed by atoms with Crippen LogP contribution in [0.1, 0.15) is 65.4 Å². The molecule has 1 aliphatic carbocycles. The first-order chi connectivity index (χ1) is 13.6. The van der Waals surface area contributed by atoms with E-state index >= 15 is 0 Å². The highest BCUT2D eigenvalue weighted by atomic mass is 35.5. The van der Waals surface area contributed by atoms with Gasteiger partial charge in [0.05, 0.1) is 22.9 Å². The standard InChI is InChI=1S/C21H24ClN5S/c1-13-23-18(12-28-13)14-3-5-15(6-4-14)21-25-24-20-11-26(2)10-16-9-17(22)7-8-19(16)27(20)21/h7-9,12,14-15H,3-6,10-11H2,1-2H3. The number of hydrogen-bond donors (Lipinski definition) is 0. The van der Waals surface area contributed by atoms with E-state index in [4.69, 9.17) is 16.6 Å². The summed E-state index contributed by atoms with van der Waals surface area (Å²) in [7, 11) is 2.12. The van der Waals surface area contributed by atoms with Crippen molar-refractivity contribution in [2.45, 2.75) is 57.5 Å². The molecule has 1 aromatic carbocycles. The van der Waals surface area contributed by atoms with Crippen molar-refractivity contribution in [1.29, 1.82) is 0 Å². The van der Waals surface area contributed by atoms with Gasteiger partial charge in [-0.1, -0.05) is 11.6 Å². The number of halogens is 1. The third-order valence-electron chi connectivity index (χ3n) is 6.04. The van der Waals surface area contributed by atoms with Gasteiger partial charge in [-0.3, -0.25) is 9.47 Å². The quantitative estimate of drug-likeness (QED) is 0.588. The normalized spacial score (nSPS) is 22.5. The fraction of sp³-hybridized carbons (Fsp3) is 0.476. The summed E-state index contributed by atoms with van der Waals surface area (Å²) < 4.78 is 2.30. The number of thiazole rings is 1. The number of rotatable bonds is 2. The zero-order valence-corrected chi connectivity index (χ0v) is 17.8. The van der Waals surface area contributed by atoms with Gasteiger partial charge in [-0.2, -0.15) is 0 Å². The molecule has 0 saturated heterocycles. The first kappa shape index (κ1) is 18.3. The van der Waals surface area contributed by atoms with Crippen LogP contribution in [0.2, 0.25) is 5.02 Å². The van der Waals surface area contributed by atoms with Crippen molar-refractivity contribution in [3.8, 4) is 5.69 Å².